The van der Waals surface area contributed by atoms with Gasteiger partial charge >= 0.3 is 0 Å². The van der Waals surface area contributed by atoms with Crippen molar-refractivity contribution >= 4 is 23.3 Å². The Bertz CT molecular complexity index is 1070. The van der Waals surface area contributed by atoms with Gasteiger partial charge in [-0.2, -0.15) is 10.2 Å². The van der Waals surface area contributed by atoms with E-state index in [4.69, 9.17) is 16.9 Å². The third kappa shape index (κ3) is 6.66. The van der Waals surface area contributed by atoms with Gasteiger partial charge in [0.05, 0.1) is 6.07 Å². The number of hydrogen-bond acceptors (Lipinski definition) is 7. The van der Waals surface area contributed by atoms with Gasteiger partial charge in [0.1, 0.15) is 12.1 Å². The van der Waals surface area contributed by atoms with Gasteiger partial charge in [-0.1, -0.05) is 24.3 Å². The molecule has 35 heavy (non-hydrogen) atoms. The predicted molar refractivity (Wildman–Crippen MR) is 133 cm³/mol. The monoisotopic (exact) mass is 499 g/mol. The molecule has 0 aliphatic carbocycles. The highest BCUT2D eigenvalue weighted by Gasteiger charge is 2.25. The Morgan fingerprint density at radius 1 is 1.17 bits per heavy atom. The first-order valence-electron chi connectivity index (χ1n) is 12.1. The molecule has 0 saturated carbocycles. The van der Waals surface area contributed by atoms with Crippen molar-refractivity contribution in [3.63, 3.8) is 0 Å². The van der Waals surface area contributed by atoms with Crippen LogP contribution in [0.3, 0.4) is 0 Å². The zero-order valence-corrected chi connectivity index (χ0v) is 20.8. The minimum Gasteiger partial charge on any atom is -0.363 e. The third-order valence-electron chi connectivity index (χ3n) is 6.61. The summed E-state index contributed by atoms with van der Waals surface area (Å²) in [5.74, 6) is -0.760. The number of rotatable bonds is 6. The number of anilines is 1. The van der Waals surface area contributed by atoms with Gasteiger partial charge in [-0.05, 0) is 56.6 Å². The van der Waals surface area contributed by atoms with E-state index in [1.54, 1.807) is 4.90 Å². The molecule has 2 fully saturated rings. The molecular formula is C25H31ClFN7O. The second-order valence-electron chi connectivity index (χ2n) is 9.29. The van der Waals surface area contributed by atoms with Gasteiger partial charge in [0, 0.05) is 44.3 Å². The minimum absolute atomic E-state index is 0.0253. The molecule has 2 saturated heterocycles. The van der Waals surface area contributed by atoms with E-state index in [1.165, 1.54) is 5.56 Å². The summed E-state index contributed by atoms with van der Waals surface area (Å²) in [7, 11) is 2.15. The van der Waals surface area contributed by atoms with Crippen molar-refractivity contribution in [2.24, 2.45) is 0 Å². The molecule has 0 unspecified atom stereocenters. The van der Waals surface area contributed by atoms with Crippen LogP contribution in [0.25, 0.3) is 11.3 Å². The Hall–Kier alpha value is -2.80. The standard InChI is InChI=1S/C25H31ClFN7O/c1-32-11-3-12-33(15-14-32)16-18-5-7-19(8-6-18)23-22(27)24(31-25(26)30-23)29-20-4-2-13-34(17-20)21(35)9-10-28/h5-8,20H,2-4,9,11-17H2,1H3,(H,29,30,31)/t20-/m1/s1. The molecule has 3 heterocycles. The lowest BCUT2D eigenvalue weighted by atomic mass is 10.0. The summed E-state index contributed by atoms with van der Waals surface area (Å²) in [6.07, 6.45) is 2.51. The summed E-state index contributed by atoms with van der Waals surface area (Å²) < 4.78 is 15.4. The lowest BCUT2D eigenvalue weighted by molar-refractivity contribution is -0.131. The number of halogens is 2. The van der Waals surface area contributed by atoms with E-state index in [0.29, 0.717) is 18.7 Å². The van der Waals surface area contributed by atoms with Crippen LogP contribution in [0.4, 0.5) is 10.2 Å². The Kier molecular flexibility index (Phi) is 8.50. The summed E-state index contributed by atoms with van der Waals surface area (Å²) in [4.78, 5) is 26.7. The van der Waals surface area contributed by atoms with Crippen molar-refractivity contribution in [3.05, 3.63) is 40.9 Å². The second-order valence-corrected chi connectivity index (χ2v) is 9.63. The van der Waals surface area contributed by atoms with Gasteiger partial charge in [-0.15, -0.1) is 0 Å². The zero-order valence-electron chi connectivity index (χ0n) is 20.0. The fourth-order valence-electron chi connectivity index (χ4n) is 4.69. The summed E-state index contributed by atoms with van der Waals surface area (Å²) in [5, 5.41) is 11.9. The molecule has 0 spiro atoms. The molecule has 1 atom stereocenters. The number of hydrogen-bond donors (Lipinski definition) is 1. The Balaban J connectivity index is 1.45. The fourth-order valence-corrected chi connectivity index (χ4v) is 4.85. The Labute approximate surface area is 210 Å². The topological polar surface area (TPSA) is 88.4 Å². The van der Waals surface area contributed by atoms with E-state index in [9.17, 15) is 4.79 Å². The van der Waals surface area contributed by atoms with Crippen LogP contribution >= 0.6 is 11.6 Å². The van der Waals surface area contributed by atoms with Crippen LogP contribution in [0.2, 0.25) is 5.28 Å². The van der Waals surface area contributed by atoms with Crippen LogP contribution in [-0.2, 0) is 11.3 Å². The highest BCUT2D eigenvalue weighted by Crippen LogP contribution is 2.28. The van der Waals surface area contributed by atoms with Crippen molar-refractivity contribution < 1.29 is 9.18 Å². The Morgan fingerprint density at radius 3 is 2.74 bits per heavy atom. The van der Waals surface area contributed by atoms with Crippen molar-refractivity contribution in [1.82, 2.24) is 24.7 Å². The number of piperidine rings is 1. The third-order valence-corrected chi connectivity index (χ3v) is 6.78. The van der Waals surface area contributed by atoms with Gasteiger partial charge in [-0.3, -0.25) is 9.69 Å². The maximum Gasteiger partial charge on any atom is 0.236 e. The number of carbonyl (C=O) groups is 1. The summed E-state index contributed by atoms with van der Waals surface area (Å²) >= 11 is 6.16. The first-order valence-corrected chi connectivity index (χ1v) is 12.4. The molecular weight excluding hydrogens is 469 g/mol. The van der Waals surface area contributed by atoms with E-state index in [0.717, 1.165) is 52.0 Å². The number of likely N-dealkylation sites (tertiary alicyclic amines) is 1. The van der Waals surface area contributed by atoms with E-state index in [-0.39, 0.29) is 35.2 Å². The van der Waals surface area contributed by atoms with Gasteiger partial charge in [-0.25, -0.2) is 9.37 Å². The number of nitrogens with one attached hydrogen (secondary N) is 1. The lowest BCUT2D eigenvalue weighted by Crippen LogP contribution is -2.45. The first kappa shape index (κ1) is 25.3. The average molecular weight is 500 g/mol. The summed E-state index contributed by atoms with van der Waals surface area (Å²) in [5.41, 5.74) is 1.94. The summed E-state index contributed by atoms with van der Waals surface area (Å²) in [6, 6.07) is 9.45. The van der Waals surface area contributed by atoms with Crippen LogP contribution in [0.5, 0.6) is 0 Å². The molecule has 186 valence electrons. The van der Waals surface area contributed by atoms with Crippen molar-refractivity contribution in [3.8, 4) is 17.3 Å². The molecule has 1 aromatic heterocycles. The Morgan fingerprint density at radius 2 is 1.97 bits per heavy atom. The van der Waals surface area contributed by atoms with Crippen LogP contribution < -0.4 is 5.32 Å². The quantitative estimate of drug-likeness (QED) is 0.609. The number of nitrogens with zero attached hydrogens (tertiary/aromatic N) is 6. The van der Waals surface area contributed by atoms with Gasteiger partial charge in [0.25, 0.3) is 0 Å². The van der Waals surface area contributed by atoms with Gasteiger partial charge in [0.2, 0.25) is 11.2 Å². The van der Waals surface area contributed by atoms with Gasteiger partial charge in [0.15, 0.2) is 11.6 Å². The van der Waals surface area contributed by atoms with Crippen LogP contribution in [0.1, 0.15) is 31.2 Å². The highest BCUT2D eigenvalue weighted by atomic mass is 35.5. The van der Waals surface area contributed by atoms with E-state index in [2.05, 4.69) is 32.1 Å². The molecule has 4 rings (SSSR count). The molecule has 8 nitrogen and oxygen atoms in total. The largest absolute Gasteiger partial charge is 0.363 e. The van der Waals surface area contributed by atoms with E-state index in [1.807, 2.05) is 30.3 Å². The SMILES string of the molecule is CN1CCCN(Cc2ccc(-c3nc(Cl)nc(N[C@@H]4CCCN(C(=O)CC#N)C4)c3F)cc2)CC1. The number of aromatic nitrogens is 2. The van der Waals surface area contributed by atoms with E-state index >= 15 is 4.39 Å². The van der Waals surface area contributed by atoms with Crippen molar-refractivity contribution in [2.75, 3.05) is 51.6 Å². The molecule has 2 aromatic rings. The zero-order chi connectivity index (χ0) is 24.8. The number of nitriles is 1. The van der Waals surface area contributed by atoms with Crippen molar-refractivity contribution in [2.45, 2.75) is 38.3 Å². The minimum atomic E-state index is -0.571. The molecule has 10 heteroatoms. The van der Waals surface area contributed by atoms with E-state index < -0.39 is 5.82 Å². The molecule has 1 N–H and O–H groups in total. The molecule has 0 radical (unpaired) electrons. The molecule has 2 aliphatic heterocycles. The smallest absolute Gasteiger partial charge is 0.236 e. The molecule has 1 aromatic carbocycles. The van der Waals surface area contributed by atoms with Crippen LogP contribution in [0, 0.1) is 17.1 Å². The first-order chi connectivity index (χ1) is 16.9. The highest BCUT2D eigenvalue weighted by molar-refractivity contribution is 6.28. The number of amides is 1. The number of likely N-dealkylation sites (N-methyl/N-ethyl adjacent to an activating group) is 1. The molecule has 2 aliphatic rings. The van der Waals surface area contributed by atoms with Crippen LogP contribution in [-0.4, -0.2) is 82.9 Å². The second kappa shape index (κ2) is 11.8. The molecule has 0 bridgehead atoms. The van der Waals surface area contributed by atoms with Crippen molar-refractivity contribution in [1.29, 1.82) is 5.26 Å². The van der Waals surface area contributed by atoms with Crippen LogP contribution in [0.15, 0.2) is 24.3 Å². The fraction of sp³-hybridized carbons (Fsp3) is 0.520. The summed E-state index contributed by atoms with van der Waals surface area (Å²) in [6.45, 7) is 6.12. The molecule has 1 amide bonds. The maximum atomic E-state index is 15.4. The predicted octanol–water partition coefficient (Wildman–Crippen LogP) is 3.39. The maximum absolute atomic E-state index is 15.4. The number of carbonyl (C=O) groups excluding carboxylic acids is 1. The average Bonchev–Trinajstić information content (AvgIpc) is 3.06. The lowest BCUT2D eigenvalue weighted by Gasteiger charge is -2.33. The normalized spacial score (nSPS) is 19.7. The van der Waals surface area contributed by atoms with Gasteiger partial charge < -0.3 is 15.1 Å². The number of benzene rings is 1.